The predicted octanol–water partition coefficient (Wildman–Crippen LogP) is 0.170. The number of pyridine rings is 1. The van der Waals surface area contributed by atoms with Crippen molar-refractivity contribution in [3.05, 3.63) is 29.6 Å². The molecular formula is C15H21N5O3. The lowest BCUT2D eigenvalue weighted by Crippen LogP contribution is -2.29. The largest absolute Gasteiger partial charge is 0.468 e. The Morgan fingerprint density at radius 2 is 2.22 bits per heavy atom. The van der Waals surface area contributed by atoms with Gasteiger partial charge >= 0.3 is 5.97 Å². The third-order valence-electron chi connectivity index (χ3n) is 3.35. The monoisotopic (exact) mass is 319 g/mol. The van der Waals surface area contributed by atoms with E-state index in [1.54, 1.807) is 18.3 Å². The number of rotatable bonds is 7. The van der Waals surface area contributed by atoms with Gasteiger partial charge in [0, 0.05) is 24.8 Å². The molecule has 0 aromatic carbocycles. The number of nitrogens with zero attached hydrogens (tertiary/aromatic N) is 2. The molecule has 2 heterocycles. The van der Waals surface area contributed by atoms with E-state index in [1.807, 2.05) is 11.3 Å². The molecular weight excluding hydrogens is 298 g/mol. The molecule has 0 bridgehead atoms. The van der Waals surface area contributed by atoms with Gasteiger partial charge in [0.1, 0.15) is 18.0 Å². The molecule has 0 unspecified atom stereocenters. The van der Waals surface area contributed by atoms with Crippen LogP contribution >= 0.6 is 0 Å². The second-order valence-electron chi connectivity index (χ2n) is 4.88. The van der Waals surface area contributed by atoms with E-state index in [9.17, 15) is 9.59 Å². The molecule has 0 aliphatic rings. The van der Waals surface area contributed by atoms with E-state index < -0.39 is 0 Å². The van der Waals surface area contributed by atoms with Gasteiger partial charge in [-0.1, -0.05) is 6.92 Å². The molecule has 1 amide bonds. The van der Waals surface area contributed by atoms with E-state index in [-0.39, 0.29) is 18.4 Å². The summed E-state index contributed by atoms with van der Waals surface area (Å²) in [6, 6.07) is 3.40. The minimum Gasteiger partial charge on any atom is -0.468 e. The van der Waals surface area contributed by atoms with Crippen LogP contribution in [-0.2, 0) is 16.0 Å². The van der Waals surface area contributed by atoms with Crippen LogP contribution in [0.4, 0.5) is 5.82 Å². The first kappa shape index (κ1) is 16.8. The Labute approximate surface area is 134 Å². The van der Waals surface area contributed by atoms with E-state index in [1.165, 1.54) is 7.11 Å². The van der Waals surface area contributed by atoms with Crippen molar-refractivity contribution in [2.24, 2.45) is 5.73 Å². The molecule has 0 fully saturated rings. The predicted molar refractivity (Wildman–Crippen MR) is 86.5 cm³/mol. The van der Waals surface area contributed by atoms with Gasteiger partial charge in [-0.05, 0) is 18.6 Å². The number of nitrogens with one attached hydrogen (secondary N) is 2. The van der Waals surface area contributed by atoms with E-state index in [0.29, 0.717) is 30.7 Å². The first-order chi connectivity index (χ1) is 11.1. The Balaban J connectivity index is 2.30. The Morgan fingerprint density at radius 1 is 1.43 bits per heavy atom. The number of aryl methyl sites for hydroxylation is 1. The number of hydrogen-bond donors (Lipinski definition) is 3. The molecule has 0 atom stereocenters. The van der Waals surface area contributed by atoms with Crippen LogP contribution in [0.2, 0.25) is 0 Å². The van der Waals surface area contributed by atoms with Crippen molar-refractivity contribution in [3.8, 4) is 0 Å². The van der Waals surface area contributed by atoms with Crippen molar-refractivity contribution in [2.75, 3.05) is 32.1 Å². The average molecular weight is 319 g/mol. The molecule has 2 rings (SSSR count). The number of methoxy groups -OCH3 is 1. The van der Waals surface area contributed by atoms with Crippen LogP contribution in [0.3, 0.4) is 0 Å². The highest BCUT2D eigenvalue weighted by Gasteiger charge is 2.14. The maximum Gasteiger partial charge on any atom is 0.325 e. The Morgan fingerprint density at radius 3 is 2.87 bits per heavy atom. The summed E-state index contributed by atoms with van der Waals surface area (Å²) < 4.78 is 6.43. The van der Waals surface area contributed by atoms with Crippen molar-refractivity contribution < 1.29 is 14.3 Å². The number of ether oxygens (including phenoxy) is 1. The lowest BCUT2D eigenvalue weighted by atomic mass is 10.2. The lowest BCUT2D eigenvalue weighted by molar-refractivity contribution is -0.138. The minimum absolute atomic E-state index is 0.0516. The average Bonchev–Trinajstić information content (AvgIpc) is 2.94. The van der Waals surface area contributed by atoms with Gasteiger partial charge in [-0.3, -0.25) is 14.0 Å². The summed E-state index contributed by atoms with van der Waals surface area (Å²) >= 11 is 0. The van der Waals surface area contributed by atoms with E-state index in [0.717, 1.165) is 11.5 Å². The Hall–Kier alpha value is -2.61. The number of esters is 1. The fraction of sp³-hybridized carbons (Fsp3) is 0.400. The van der Waals surface area contributed by atoms with Gasteiger partial charge in [0.25, 0.3) is 5.91 Å². The summed E-state index contributed by atoms with van der Waals surface area (Å²) in [6.45, 7) is 2.83. The molecule has 2 aromatic heterocycles. The van der Waals surface area contributed by atoms with E-state index in [2.05, 4.69) is 20.4 Å². The molecule has 0 saturated carbocycles. The van der Waals surface area contributed by atoms with Gasteiger partial charge in [0.05, 0.1) is 12.8 Å². The summed E-state index contributed by atoms with van der Waals surface area (Å²) in [6.07, 6.45) is 2.44. The summed E-state index contributed by atoms with van der Waals surface area (Å²) in [5.41, 5.74) is 7.34. The highest BCUT2D eigenvalue weighted by molar-refractivity contribution is 5.95. The van der Waals surface area contributed by atoms with Crippen LogP contribution in [0.1, 0.15) is 23.0 Å². The van der Waals surface area contributed by atoms with E-state index >= 15 is 0 Å². The second kappa shape index (κ2) is 7.59. The minimum atomic E-state index is -0.361. The number of hydrogen-bond acceptors (Lipinski definition) is 6. The van der Waals surface area contributed by atoms with Crippen LogP contribution in [-0.4, -0.2) is 48.0 Å². The van der Waals surface area contributed by atoms with Crippen LogP contribution in [0.15, 0.2) is 18.3 Å². The normalized spacial score (nSPS) is 10.6. The van der Waals surface area contributed by atoms with Crippen molar-refractivity contribution in [3.63, 3.8) is 0 Å². The Bertz CT molecular complexity index is 710. The number of nitrogens with two attached hydrogens (primary N) is 1. The maximum absolute atomic E-state index is 12.0. The number of fused-ring (bicyclic) bond motifs is 1. The van der Waals surface area contributed by atoms with Crippen LogP contribution < -0.4 is 16.4 Å². The number of imidazole rings is 1. The molecule has 0 radical (unpaired) electrons. The fourth-order valence-corrected chi connectivity index (χ4v) is 2.18. The summed E-state index contributed by atoms with van der Waals surface area (Å²) in [7, 11) is 1.34. The van der Waals surface area contributed by atoms with Crippen molar-refractivity contribution in [2.45, 2.75) is 13.3 Å². The highest BCUT2D eigenvalue weighted by Crippen LogP contribution is 2.19. The summed E-state index contributed by atoms with van der Waals surface area (Å²) in [4.78, 5) is 27.8. The molecule has 8 nitrogen and oxygen atoms in total. The quantitative estimate of drug-likeness (QED) is 0.627. The number of carbonyl (C=O) groups is 2. The third-order valence-corrected chi connectivity index (χ3v) is 3.35. The standard InChI is InChI=1S/C15H21N5O3/c1-3-11-14(18-9-13(21)23-2)20-7-4-10(8-12(20)19-11)15(22)17-6-5-16/h4,7-8,18H,3,5-6,9,16H2,1-2H3,(H,17,22). The zero-order valence-corrected chi connectivity index (χ0v) is 13.3. The third kappa shape index (κ3) is 3.78. The lowest BCUT2D eigenvalue weighted by Gasteiger charge is -2.07. The number of carbonyl (C=O) groups excluding carboxylic acids is 2. The summed E-state index contributed by atoms with van der Waals surface area (Å²) in [5, 5.41) is 5.75. The first-order valence-electron chi connectivity index (χ1n) is 7.40. The van der Waals surface area contributed by atoms with Gasteiger partial charge in [-0.2, -0.15) is 0 Å². The first-order valence-corrected chi connectivity index (χ1v) is 7.40. The van der Waals surface area contributed by atoms with Gasteiger partial charge in [-0.15, -0.1) is 0 Å². The molecule has 8 heteroatoms. The van der Waals surface area contributed by atoms with Gasteiger partial charge in [0.2, 0.25) is 0 Å². The molecule has 4 N–H and O–H groups in total. The van der Waals surface area contributed by atoms with E-state index in [4.69, 9.17) is 5.73 Å². The smallest absolute Gasteiger partial charge is 0.325 e. The molecule has 124 valence electrons. The molecule has 0 aliphatic carbocycles. The molecule has 23 heavy (non-hydrogen) atoms. The maximum atomic E-state index is 12.0. The summed E-state index contributed by atoms with van der Waals surface area (Å²) in [5.74, 6) is 0.171. The van der Waals surface area contributed by atoms with Gasteiger partial charge < -0.3 is 21.1 Å². The van der Waals surface area contributed by atoms with Crippen molar-refractivity contribution >= 4 is 23.3 Å². The topological polar surface area (TPSA) is 111 Å². The van der Waals surface area contributed by atoms with Crippen LogP contribution in [0.5, 0.6) is 0 Å². The van der Waals surface area contributed by atoms with Crippen molar-refractivity contribution in [1.29, 1.82) is 0 Å². The zero-order chi connectivity index (χ0) is 16.8. The molecule has 0 saturated heterocycles. The molecule has 2 aromatic rings. The van der Waals surface area contributed by atoms with Gasteiger partial charge in [-0.25, -0.2) is 4.98 Å². The number of amides is 1. The molecule has 0 aliphatic heterocycles. The molecule has 0 spiro atoms. The van der Waals surface area contributed by atoms with Gasteiger partial charge in [0.15, 0.2) is 0 Å². The SMILES string of the molecule is CCc1nc2cc(C(=O)NCCN)ccn2c1NCC(=O)OC. The van der Waals surface area contributed by atoms with Crippen molar-refractivity contribution in [1.82, 2.24) is 14.7 Å². The van der Waals surface area contributed by atoms with Crippen LogP contribution in [0.25, 0.3) is 5.65 Å². The number of anilines is 1. The van der Waals surface area contributed by atoms with Crippen LogP contribution in [0, 0.1) is 0 Å². The fourth-order valence-electron chi connectivity index (χ4n) is 2.18. The Kier molecular flexibility index (Phi) is 5.53. The zero-order valence-electron chi connectivity index (χ0n) is 13.3. The highest BCUT2D eigenvalue weighted by atomic mass is 16.5. The second-order valence-corrected chi connectivity index (χ2v) is 4.88. The number of aromatic nitrogens is 2.